The zero-order chi connectivity index (χ0) is 12.1. The lowest BCUT2D eigenvalue weighted by Gasteiger charge is -2.33. The number of piperidine rings is 1. The van der Waals surface area contributed by atoms with Crippen molar-refractivity contribution in [1.82, 2.24) is 9.88 Å². The van der Waals surface area contributed by atoms with Gasteiger partial charge >= 0.3 is 0 Å². The highest BCUT2D eigenvalue weighted by molar-refractivity contribution is 5.86. The summed E-state index contributed by atoms with van der Waals surface area (Å²) >= 11 is 0. The molecular formula is C12H18N4O. The van der Waals surface area contributed by atoms with E-state index in [4.69, 9.17) is 10.9 Å². The number of likely N-dealkylation sites (tertiary alicyclic amines) is 1. The van der Waals surface area contributed by atoms with Gasteiger partial charge in [0.05, 0.1) is 6.04 Å². The predicted octanol–water partition coefficient (Wildman–Crippen LogP) is 1.35. The standard InChI is InChI=1S/C12H18N4O/c13-12(15-17)11(10-5-4-6-14-9-10)16-7-2-1-3-8-16/h4-6,9,11,17H,1-3,7-8H2,(H2,13,15). The second-order valence-corrected chi connectivity index (χ2v) is 4.31. The maximum absolute atomic E-state index is 8.91. The van der Waals surface area contributed by atoms with Gasteiger partial charge in [0.1, 0.15) is 0 Å². The van der Waals surface area contributed by atoms with Crippen molar-refractivity contribution in [2.45, 2.75) is 25.3 Å². The van der Waals surface area contributed by atoms with Crippen LogP contribution in [0.1, 0.15) is 30.9 Å². The lowest BCUT2D eigenvalue weighted by molar-refractivity contribution is 0.196. The first-order valence-electron chi connectivity index (χ1n) is 5.94. The summed E-state index contributed by atoms with van der Waals surface area (Å²) in [7, 11) is 0. The van der Waals surface area contributed by atoms with Gasteiger partial charge in [-0.2, -0.15) is 0 Å². The molecule has 1 aliphatic rings. The number of nitrogens with two attached hydrogens (primary N) is 1. The molecule has 0 radical (unpaired) electrons. The number of aromatic nitrogens is 1. The van der Waals surface area contributed by atoms with Gasteiger partial charge in [-0.25, -0.2) is 0 Å². The van der Waals surface area contributed by atoms with Crippen LogP contribution in [0.5, 0.6) is 0 Å². The summed E-state index contributed by atoms with van der Waals surface area (Å²) in [6.07, 6.45) is 7.08. The van der Waals surface area contributed by atoms with Gasteiger partial charge in [-0.3, -0.25) is 9.88 Å². The molecule has 1 aromatic rings. The molecule has 0 aliphatic carbocycles. The second kappa shape index (κ2) is 5.63. The number of nitrogens with zero attached hydrogens (tertiary/aromatic N) is 3. The van der Waals surface area contributed by atoms with Crippen molar-refractivity contribution in [2.24, 2.45) is 10.9 Å². The Kier molecular flexibility index (Phi) is 3.93. The number of hydrogen-bond acceptors (Lipinski definition) is 4. The molecule has 0 bridgehead atoms. The normalized spacial score (nSPS) is 20.1. The summed E-state index contributed by atoms with van der Waals surface area (Å²) in [6, 6.07) is 3.68. The first-order chi connectivity index (χ1) is 8.33. The Balaban J connectivity index is 2.25. The van der Waals surface area contributed by atoms with Crippen molar-refractivity contribution >= 4 is 5.84 Å². The smallest absolute Gasteiger partial charge is 0.161 e. The van der Waals surface area contributed by atoms with E-state index in [1.807, 2.05) is 12.1 Å². The summed E-state index contributed by atoms with van der Waals surface area (Å²) in [5.74, 6) is 0.236. The Labute approximate surface area is 101 Å². The molecule has 5 heteroatoms. The van der Waals surface area contributed by atoms with Gasteiger partial charge in [0.2, 0.25) is 0 Å². The van der Waals surface area contributed by atoms with Crippen molar-refractivity contribution in [3.63, 3.8) is 0 Å². The average Bonchev–Trinajstić information content (AvgIpc) is 2.41. The molecular weight excluding hydrogens is 216 g/mol. The molecule has 3 N–H and O–H groups in total. The first-order valence-corrected chi connectivity index (χ1v) is 5.94. The molecule has 92 valence electrons. The topological polar surface area (TPSA) is 74.7 Å². The number of oxime groups is 1. The Morgan fingerprint density at radius 3 is 2.76 bits per heavy atom. The van der Waals surface area contributed by atoms with Crippen LogP contribution in [0, 0.1) is 0 Å². The largest absolute Gasteiger partial charge is 0.409 e. The second-order valence-electron chi connectivity index (χ2n) is 4.31. The van der Waals surface area contributed by atoms with Crippen molar-refractivity contribution < 1.29 is 5.21 Å². The van der Waals surface area contributed by atoms with Crippen LogP contribution >= 0.6 is 0 Å². The fourth-order valence-electron chi connectivity index (χ4n) is 2.34. The lowest BCUT2D eigenvalue weighted by atomic mass is 10.0. The van der Waals surface area contributed by atoms with Gasteiger partial charge in [0.15, 0.2) is 5.84 Å². The quantitative estimate of drug-likeness (QED) is 0.358. The predicted molar refractivity (Wildman–Crippen MR) is 65.8 cm³/mol. The number of hydrogen-bond donors (Lipinski definition) is 2. The Hall–Kier alpha value is -1.62. The van der Waals surface area contributed by atoms with Gasteiger partial charge in [0.25, 0.3) is 0 Å². The van der Waals surface area contributed by atoms with Crippen LogP contribution in [0.2, 0.25) is 0 Å². The first kappa shape index (κ1) is 11.9. The van der Waals surface area contributed by atoms with Crippen molar-refractivity contribution in [1.29, 1.82) is 0 Å². The van der Waals surface area contributed by atoms with Gasteiger partial charge < -0.3 is 10.9 Å². The van der Waals surface area contributed by atoms with E-state index in [2.05, 4.69) is 15.0 Å². The highest BCUT2D eigenvalue weighted by Gasteiger charge is 2.25. The fourth-order valence-corrected chi connectivity index (χ4v) is 2.34. The van der Waals surface area contributed by atoms with Crippen LogP contribution in [0.3, 0.4) is 0 Å². The maximum Gasteiger partial charge on any atom is 0.161 e. The van der Waals surface area contributed by atoms with E-state index in [1.54, 1.807) is 12.4 Å². The number of amidine groups is 1. The van der Waals surface area contributed by atoms with E-state index in [-0.39, 0.29) is 11.9 Å². The van der Waals surface area contributed by atoms with Crippen LogP contribution in [-0.4, -0.2) is 34.0 Å². The summed E-state index contributed by atoms with van der Waals surface area (Å²) in [5.41, 5.74) is 6.79. The van der Waals surface area contributed by atoms with E-state index < -0.39 is 0 Å². The van der Waals surface area contributed by atoms with Crippen molar-refractivity contribution in [2.75, 3.05) is 13.1 Å². The van der Waals surface area contributed by atoms with Crippen LogP contribution < -0.4 is 5.73 Å². The summed E-state index contributed by atoms with van der Waals surface area (Å²) < 4.78 is 0. The Bertz CT molecular complexity index is 373. The molecule has 0 amide bonds. The van der Waals surface area contributed by atoms with Crippen LogP contribution in [-0.2, 0) is 0 Å². The molecule has 0 aromatic carbocycles. The van der Waals surface area contributed by atoms with Gasteiger partial charge in [-0.1, -0.05) is 17.6 Å². The molecule has 2 rings (SSSR count). The Morgan fingerprint density at radius 2 is 2.18 bits per heavy atom. The van der Waals surface area contributed by atoms with Crippen molar-refractivity contribution in [3.05, 3.63) is 30.1 Å². The monoisotopic (exact) mass is 234 g/mol. The van der Waals surface area contributed by atoms with E-state index in [9.17, 15) is 0 Å². The molecule has 5 nitrogen and oxygen atoms in total. The summed E-state index contributed by atoms with van der Waals surface area (Å²) in [4.78, 5) is 6.34. The summed E-state index contributed by atoms with van der Waals surface area (Å²) in [6.45, 7) is 1.96. The SMILES string of the molecule is N/C(=N\O)C(c1cccnc1)N1CCCCC1. The minimum Gasteiger partial charge on any atom is -0.409 e. The average molecular weight is 234 g/mol. The molecule has 1 unspecified atom stereocenters. The molecule has 1 aliphatic heterocycles. The minimum atomic E-state index is -0.158. The third-order valence-corrected chi connectivity index (χ3v) is 3.15. The van der Waals surface area contributed by atoms with E-state index in [0.29, 0.717) is 0 Å². The Morgan fingerprint density at radius 1 is 1.41 bits per heavy atom. The third kappa shape index (κ3) is 2.74. The van der Waals surface area contributed by atoms with Crippen LogP contribution in [0.4, 0.5) is 0 Å². The third-order valence-electron chi connectivity index (χ3n) is 3.15. The van der Waals surface area contributed by atoms with Gasteiger partial charge in [0, 0.05) is 12.4 Å². The maximum atomic E-state index is 8.91. The van der Waals surface area contributed by atoms with Crippen molar-refractivity contribution in [3.8, 4) is 0 Å². The lowest BCUT2D eigenvalue weighted by Crippen LogP contribution is -2.41. The molecule has 0 saturated carbocycles. The molecule has 1 saturated heterocycles. The van der Waals surface area contributed by atoms with Crippen LogP contribution in [0.15, 0.2) is 29.7 Å². The highest BCUT2D eigenvalue weighted by Crippen LogP contribution is 2.24. The molecule has 0 spiro atoms. The molecule has 1 fully saturated rings. The fraction of sp³-hybridized carbons (Fsp3) is 0.500. The summed E-state index contributed by atoms with van der Waals surface area (Å²) in [5, 5.41) is 12.1. The van der Waals surface area contributed by atoms with Crippen LogP contribution in [0.25, 0.3) is 0 Å². The molecule has 17 heavy (non-hydrogen) atoms. The zero-order valence-electron chi connectivity index (χ0n) is 9.79. The van der Waals surface area contributed by atoms with E-state index >= 15 is 0 Å². The molecule has 2 heterocycles. The number of pyridine rings is 1. The van der Waals surface area contributed by atoms with Gasteiger partial charge in [-0.05, 0) is 37.6 Å². The molecule has 1 atom stereocenters. The van der Waals surface area contributed by atoms with E-state index in [1.165, 1.54) is 6.42 Å². The highest BCUT2D eigenvalue weighted by atomic mass is 16.4. The molecule has 1 aromatic heterocycles. The minimum absolute atomic E-state index is 0.158. The number of rotatable bonds is 3. The van der Waals surface area contributed by atoms with Gasteiger partial charge in [-0.15, -0.1) is 0 Å². The zero-order valence-corrected chi connectivity index (χ0v) is 9.79. The van der Waals surface area contributed by atoms with E-state index in [0.717, 1.165) is 31.5 Å².